The lowest BCUT2D eigenvalue weighted by atomic mass is 9.74. The third-order valence-electron chi connectivity index (χ3n) is 6.04. The number of piperidine rings is 1. The lowest BCUT2D eigenvalue weighted by Gasteiger charge is -2.35. The van der Waals surface area contributed by atoms with E-state index in [9.17, 15) is 4.79 Å². The topological polar surface area (TPSA) is 41.1 Å². The van der Waals surface area contributed by atoms with Crippen molar-refractivity contribution in [3.63, 3.8) is 0 Å². The van der Waals surface area contributed by atoms with Crippen LogP contribution in [0, 0.1) is 5.92 Å². The molecule has 3 rings (SSSR count). The van der Waals surface area contributed by atoms with Gasteiger partial charge in [-0.2, -0.15) is 0 Å². The van der Waals surface area contributed by atoms with Crippen LogP contribution in [0.15, 0.2) is 30.3 Å². The number of amides is 1. The highest BCUT2D eigenvalue weighted by molar-refractivity contribution is 5.85. The van der Waals surface area contributed by atoms with Crippen molar-refractivity contribution in [2.24, 2.45) is 5.92 Å². The standard InChI is InChI=1S/C21H32N2O.ClH/c1-17-15-18(11-14-22-17)20(24)23-16-21(12-7-2-3-8-13-21)19-9-5-4-6-10-19;/h4-6,9-10,17-18,22H,2-3,7-8,11-16H2,1H3,(H,23,24);1H/t17-,18-;/m0./s1. The number of carbonyl (C=O) groups is 1. The van der Waals surface area contributed by atoms with Gasteiger partial charge in [-0.1, -0.05) is 56.0 Å². The summed E-state index contributed by atoms with van der Waals surface area (Å²) in [6, 6.07) is 11.3. The molecule has 2 fully saturated rings. The van der Waals surface area contributed by atoms with Crippen LogP contribution in [0.4, 0.5) is 0 Å². The summed E-state index contributed by atoms with van der Waals surface area (Å²) in [5.41, 5.74) is 1.54. The Balaban J connectivity index is 0.00000225. The summed E-state index contributed by atoms with van der Waals surface area (Å²) < 4.78 is 0. The molecule has 0 bridgehead atoms. The largest absolute Gasteiger partial charge is 0.355 e. The molecule has 1 aliphatic heterocycles. The maximum Gasteiger partial charge on any atom is 0.223 e. The zero-order valence-corrected chi connectivity index (χ0v) is 16.2. The van der Waals surface area contributed by atoms with Gasteiger partial charge in [0.1, 0.15) is 0 Å². The van der Waals surface area contributed by atoms with E-state index in [4.69, 9.17) is 0 Å². The van der Waals surface area contributed by atoms with Crippen LogP contribution in [0.3, 0.4) is 0 Å². The second kappa shape index (κ2) is 9.59. The first kappa shape index (κ1) is 20.3. The van der Waals surface area contributed by atoms with E-state index in [0.29, 0.717) is 6.04 Å². The highest BCUT2D eigenvalue weighted by Gasteiger charge is 2.34. The fraction of sp³-hybridized carbons (Fsp3) is 0.667. The molecule has 0 spiro atoms. The zero-order chi connectivity index (χ0) is 16.8. The van der Waals surface area contributed by atoms with E-state index in [2.05, 4.69) is 47.9 Å². The monoisotopic (exact) mass is 364 g/mol. The molecule has 2 aliphatic rings. The molecule has 2 atom stereocenters. The number of hydrogen-bond donors (Lipinski definition) is 2. The maximum absolute atomic E-state index is 12.7. The van der Waals surface area contributed by atoms with Crippen LogP contribution in [-0.2, 0) is 10.2 Å². The van der Waals surface area contributed by atoms with E-state index in [-0.39, 0.29) is 29.6 Å². The zero-order valence-electron chi connectivity index (χ0n) is 15.4. The van der Waals surface area contributed by atoms with Crippen LogP contribution in [0.2, 0.25) is 0 Å². The summed E-state index contributed by atoms with van der Waals surface area (Å²) in [4.78, 5) is 12.7. The van der Waals surface area contributed by atoms with E-state index in [1.807, 2.05) is 0 Å². The highest BCUT2D eigenvalue weighted by Crippen LogP contribution is 2.38. The Hall–Kier alpha value is -1.06. The van der Waals surface area contributed by atoms with E-state index in [0.717, 1.165) is 25.9 Å². The van der Waals surface area contributed by atoms with Crippen molar-refractivity contribution in [2.45, 2.75) is 69.7 Å². The second-order valence-electron chi connectivity index (χ2n) is 7.85. The minimum atomic E-state index is 0. The number of benzene rings is 1. The molecule has 1 aromatic carbocycles. The first-order chi connectivity index (χ1) is 11.7. The van der Waals surface area contributed by atoms with E-state index in [1.54, 1.807) is 0 Å². The number of carbonyl (C=O) groups excluding carboxylic acids is 1. The normalized spacial score (nSPS) is 26.1. The molecule has 140 valence electrons. The van der Waals surface area contributed by atoms with Crippen LogP contribution in [0.5, 0.6) is 0 Å². The van der Waals surface area contributed by atoms with Crippen LogP contribution < -0.4 is 10.6 Å². The smallest absolute Gasteiger partial charge is 0.223 e. The minimum Gasteiger partial charge on any atom is -0.355 e. The van der Waals surface area contributed by atoms with E-state index < -0.39 is 0 Å². The Kier molecular flexibility index (Phi) is 7.77. The molecular formula is C21H33ClN2O. The molecule has 3 nitrogen and oxygen atoms in total. The Morgan fingerprint density at radius 1 is 1.16 bits per heavy atom. The molecule has 25 heavy (non-hydrogen) atoms. The van der Waals surface area contributed by atoms with Gasteiger partial charge in [-0.05, 0) is 44.7 Å². The molecule has 1 aromatic rings. The first-order valence-corrected chi connectivity index (χ1v) is 9.76. The third-order valence-corrected chi connectivity index (χ3v) is 6.04. The van der Waals surface area contributed by atoms with Crippen molar-refractivity contribution in [1.82, 2.24) is 10.6 Å². The summed E-state index contributed by atoms with van der Waals surface area (Å²) in [5, 5.41) is 6.78. The first-order valence-electron chi connectivity index (χ1n) is 9.76. The molecule has 2 N–H and O–H groups in total. The van der Waals surface area contributed by atoms with Gasteiger partial charge in [-0.15, -0.1) is 12.4 Å². The summed E-state index contributed by atoms with van der Waals surface area (Å²) in [5.74, 6) is 0.447. The van der Waals surface area contributed by atoms with Crippen molar-refractivity contribution in [1.29, 1.82) is 0 Å². The van der Waals surface area contributed by atoms with Crippen LogP contribution in [0.25, 0.3) is 0 Å². The molecule has 1 saturated heterocycles. The minimum absolute atomic E-state index is 0. The molecule has 1 amide bonds. The molecule has 0 aromatic heterocycles. The van der Waals surface area contributed by atoms with Gasteiger partial charge in [-0.25, -0.2) is 0 Å². The van der Waals surface area contributed by atoms with E-state index in [1.165, 1.54) is 44.1 Å². The van der Waals surface area contributed by atoms with Crippen LogP contribution in [0.1, 0.15) is 63.9 Å². The van der Waals surface area contributed by atoms with Crippen LogP contribution in [-0.4, -0.2) is 25.0 Å². The fourth-order valence-corrected chi connectivity index (χ4v) is 4.54. The summed E-state index contributed by atoms with van der Waals surface area (Å²) in [6.45, 7) is 3.94. The van der Waals surface area contributed by atoms with Gasteiger partial charge in [0.15, 0.2) is 0 Å². The van der Waals surface area contributed by atoms with Gasteiger partial charge in [0.05, 0.1) is 0 Å². The molecule has 4 heteroatoms. The molecule has 1 aliphatic carbocycles. The summed E-state index contributed by atoms with van der Waals surface area (Å²) in [6.07, 6.45) is 9.52. The van der Waals surface area contributed by atoms with Crippen LogP contribution >= 0.6 is 12.4 Å². The van der Waals surface area contributed by atoms with Gasteiger partial charge in [0.2, 0.25) is 5.91 Å². The fourth-order valence-electron chi connectivity index (χ4n) is 4.54. The molecular weight excluding hydrogens is 332 g/mol. The third kappa shape index (κ3) is 5.21. The second-order valence-corrected chi connectivity index (χ2v) is 7.85. The summed E-state index contributed by atoms with van der Waals surface area (Å²) >= 11 is 0. The average molecular weight is 365 g/mol. The quantitative estimate of drug-likeness (QED) is 0.786. The van der Waals surface area contributed by atoms with Crippen molar-refractivity contribution in [2.75, 3.05) is 13.1 Å². The predicted octanol–water partition coefficient (Wildman–Crippen LogP) is 4.20. The Morgan fingerprint density at radius 2 is 1.84 bits per heavy atom. The Labute approximate surface area is 158 Å². The average Bonchev–Trinajstić information content (AvgIpc) is 2.87. The van der Waals surface area contributed by atoms with Gasteiger partial charge in [0, 0.05) is 23.9 Å². The lowest BCUT2D eigenvalue weighted by molar-refractivity contribution is -0.126. The predicted molar refractivity (Wildman–Crippen MR) is 106 cm³/mol. The highest BCUT2D eigenvalue weighted by atomic mass is 35.5. The van der Waals surface area contributed by atoms with E-state index >= 15 is 0 Å². The van der Waals surface area contributed by atoms with Gasteiger partial charge >= 0.3 is 0 Å². The van der Waals surface area contributed by atoms with Gasteiger partial charge in [0.25, 0.3) is 0 Å². The SMILES string of the molecule is C[C@H]1C[C@@H](C(=O)NCC2(c3ccccc3)CCCCCC2)CCN1.Cl. The van der Waals surface area contributed by atoms with Crippen molar-refractivity contribution in [3.8, 4) is 0 Å². The Bertz CT molecular complexity index is 526. The molecule has 1 heterocycles. The van der Waals surface area contributed by atoms with Crippen molar-refractivity contribution < 1.29 is 4.79 Å². The number of nitrogens with one attached hydrogen (secondary N) is 2. The number of halogens is 1. The number of rotatable bonds is 4. The molecule has 0 radical (unpaired) electrons. The maximum atomic E-state index is 12.7. The lowest BCUT2D eigenvalue weighted by Crippen LogP contribution is -2.46. The van der Waals surface area contributed by atoms with Crippen molar-refractivity contribution >= 4 is 18.3 Å². The Morgan fingerprint density at radius 3 is 2.48 bits per heavy atom. The van der Waals surface area contributed by atoms with Crippen molar-refractivity contribution in [3.05, 3.63) is 35.9 Å². The molecule has 1 saturated carbocycles. The summed E-state index contributed by atoms with van der Waals surface area (Å²) in [7, 11) is 0. The van der Waals surface area contributed by atoms with Gasteiger partial charge in [-0.3, -0.25) is 4.79 Å². The molecule has 0 unspecified atom stereocenters. The van der Waals surface area contributed by atoms with Gasteiger partial charge < -0.3 is 10.6 Å². The number of hydrogen-bond acceptors (Lipinski definition) is 2.